The lowest BCUT2D eigenvalue weighted by atomic mass is 10.1. The number of carbonyl (C=O) groups excluding carboxylic acids is 2. The van der Waals surface area contributed by atoms with Gasteiger partial charge in [-0.05, 0) is 12.1 Å². The van der Waals surface area contributed by atoms with Gasteiger partial charge in [-0.1, -0.05) is 0 Å². The monoisotopic (exact) mass is 385 g/mol. The number of benzene rings is 1. The van der Waals surface area contributed by atoms with Crippen molar-refractivity contribution in [3.8, 4) is 0 Å². The van der Waals surface area contributed by atoms with Crippen LogP contribution in [0.3, 0.4) is 0 Å². The number of carbonyl (C=O) groups is 2. The van der Waals surface area contributed by atoms with E-state index in [1.807, 2.05) is 0 Å². The number of thiazole rings is 1. The first-order chi connectivity index (χ1) is 9.97. The summed E-state index contributed by atoms with van der Waals surface area (Å²) in [5, 5.41) is 12.3. The smallest absolute Gasteiger partial charge is 0.269 e. The molecule has 1 amide bonds. The number of rotatable bonds is 4. The SMILES string of the molecule is Br.CC(=O)N=c1sccn1CC(=O)c1ccc([N+](=O)[O-])cc1. The molecule has 0 bridgehead atoms. The van der Waals surface area contributed by atoms with Gasteiger partial charge in [0, 0.05) is 36.2 Å². The Hall–Kier alpha value is -2.13. The largest absolute Gasteiger partial charge is 0.316 e. The zero-order chi connectivity index (χ0) is 15.4. The van der Waals surface area contributed by atoms with Crippen LogP contribution in [0.25, 0.3) is 0 Å². The molecule has 0 atom stereocenters. The minimum absolute atomic E-state index is 0. The lowest BCUT2D eigenvalue weighted by Crippen LogP contribution is -2.20. The molecule has 0 aliphatic heterocycles. The number of aromatic nitrogens is 1. The van der Waals surface area contributed by atoms with Crippen LogP contribution in [0.4, 0.5) is 5.69 Å². The fraction of sp³-hybridized carbons (Fsp3) is 0.154. The Kier molecular flexibility index (Phi) is 6.32. The van der Waals surface area contributed by atoms with E-state index in [2.05, 4.69) is 4.99 Å². The van der Waals surface area contributed by atoms with E-state index < -0.39 is 4.92 Å². The molecule has 9 heteroatoms. The van der Waals surface area contributed by atoms with Gasteiger partial charge in [-0.25, -0.2) is 0 Å². The van der Waals surface area contributed by atoms with E-state index in [1.165, 1.54) is 42.5 Å². The van der Waals surface area contributed by atoms with E-state index in [0.29, 0.717) is 10.4 Å². The Balaban J connectivity index is 0.00000242. The van der Waals surface area contributed by atoms with Gasteiger partial charge in [-0.2, -0.15) is 4.99 Å². The lowest BCUT2D eigenvalue weighted by Gasteiger charge is -2.02. The highest BCUT2D eigenvalue weighted by Gasteiger charge is 2.10. The third-order valence-electron chi connectivity index (χ3n) is 2.63. The number of halogens is 1. The zero-order valence-corrected chi connectivity index (χ0v) is 14.0. The van der Waals surface area contributed by atoms with Gasteiger partial charge >= 0.3 is 0 Å². The molecule has 116 valence electrons. The third-order valence-corrected chi connectivity index (χ3v) is 3.42. The van der Waals surface area contributed by atoms with Crippen LogP contribution in [0, 0.1) is 10.1 Å². The van der Waals surface area contributed by atoms with Crippen LogP contribution in [-0.4, -0.2) is 21.2 Å². The van der Waals surface area contributed by atoms with E-state index in [9.17, 15) is 19.7 Å². The molecule has 1 aromatic heterocycles. The molecule has 1 heterocycles. The first-order valence-electron chi connectivity index (χ1n) is 5.94. The summed E-state index contributed by atoms with van der Waals surface area (Å²) in [5.74, 6) is -0.553. The Morgan fingerprint density at radius 2 is 1.95 bits per heavy atom. The van der Waals surface area contributed by atoms with Gasteiger partial charge in [0.05, 0.1) is 11.5 Å². The van der Waals surface area contributed by atoms with Gasteiger partial charge in [-0.15, -0.1) is 28.3 Å². The fourth-order valence-corrected chi connectivity index (χ4v) is 2.43. The van der Waals surface area contributed by atoms with E-state index in [-0.39, 0.29) is 40.9 Å². The fourth-order valence-electron chi connectivity index (χ4n) is 1.66. The highest BCUT2D eigenvalue weighted by atomic mass is 79.9. The summed E-state index contributed by atoms with van der Waals surface area (Å²) >= 11 is 1.26. The number of hydrogen-bond acceptors (Lipinski definition) is 5. The molecule has 2 aromatic rings. The molecule has 0 unspecified atom stereocenters. The van der Waals surface area contributed by atoms with Gasteiger partial charge in [0.1, 0.15) is 0 Å². The maximum atomic E-state index is 12.1. The number of nitrogens with zero attached hydrogens (tertiary/aromatic N) is 3. The predicted molar refractivity (Wildman–Crippen MR) is 86.3 cm³/mol. The van der Waals surface area contributed by atoms with E-state index in [1.54, 1.807) is 16.1 Å². The van der Waals surface area contributed by atoms with E-state index >= 15 is 0 Å². The number of Topliss-reactive ketones (excluding diaryl/α,β-unsaturated/α-hetero) is 1. The highest BCUT2D eigenvalue weighted by Crippen LogP contribution is 2.12. The van der Waals surface area contributed by atoms with Crippen molar-refractivity contribution in [3.05, 3.63) is 56.3 Å². The normalized spacial score (nSPS) is 10.9. The van der Waals surface area contributed by atoms with Crippen molar-refractivity contribution in [2.24, 2.45) is 4.99 Å². The second-order valence-electron chi connectivity index (χ2n) is 4.17. The van der Waals surface area contributed by atoms with Gasteiger partial charge in [-0.3, -0.25) is 19.7 Å². The Labute approximate surface area is 139 Å². The molecule has 0 aliphatic carbocycles. The van der Waals surface area contributed by atoms with Crippen LogP contribution in [0.15, 0.2) is 40.8 Å². The quantitative estimate of drug-likeness (QED) is 0.458. The van der Waals surface area contributed by atoms with Gasteiger partial charge < -0.3 is 4.57 Å². The van der Waals surface area contributed by atoms with Crippen molar-refractivity contribution in [1.29, 1.82) is 0 Å². The lowest BCUT2D eigenvalue weighted by molar-refractivity contribution is -0.384. The highest BCUT2D eigenvalue weighted by molar-refractivity contribution is 8.93. The Morgan fingerprint density at radius 1 is 1.32 bits per heavy atom. The number of non-ortho nitro benzene ring substituents is 1. The topological polar surface area (TPSA) is 94.6 Å². The number of nitro groups is 1. The van der Waals surface area contributed by atoms with Crippen LogP contribution < -0.4 is 4.80 Å². The summed E-state index contributed by atoms with van der Waals surface area (Å²) in [5.41, 5.74) is 0.301. The molecule has 22 heavy (non-hydrogen) atoms. The molecule has 0 radical (unpaired) electrons. The molecule has 0 fully saturated rings. The van der Waals surface area contributed by atoms with Crippen molar-refractivity contribution in [1.82, 2.24) is 4.57 Å². The summed E-state index contributed by atoms with van der Waals surface area (Å²) < 4.78 is 1.57. The maximum absolute atomic E-state index is 12.1. The summed E-state index contributed by atoms with van der Waals surface area (Å²) in [4.78, 5) is 37.4. The molecule has 0 saturated heterocycles. The van der Waals surface area contributed by atoms with Crippen LogP contribution >= 0.6 is 28.3 Å². The van der Waals surface area contributed by atoms with Crippen molar-refractivity contribution < 1.29 is 14.5 Å². The molecule has 0 N–H and O–H groups in total. The standard InChI is InChI=1S/C13H11N3O4S.BrH/c1-9(17)14-13-15(6-7-21-13)8-12(18)10-2-4-11(5-3-10)16(19)20;/h2-7H,8H2,1H3;1H. The number of ketones is 1. The zero-order valence-electron chi connectivity index (χ0n) is 11.5. The van der Waals surface area contributed by atoms with Crippen molar-refractivity contribution in [2.45, 2.75) is 13.5 Å². The van der Waals surface area contributed by atoms with Crippen LogP contribution in [0.2, 0.25) is 0 Å². The van der Waals surface area contributed by atoms with Gasteiger partial charge in [0.25, 0.3) is 5.69 Å². The number of amides is 1. The average Bonchev–Trinajstić information content (AvgIpc) is 2.85. The van der Waals surface area contributed by atoms with E-state index in [4.69, 9.17) is 0 Å². The summed E-state index contributed by atoms with van der Waals surface area (Å²) in [7, 11) is 0. The van der Waals surface area contributed by atoms with Crippen LogP contribution in [0.5, 0.6) is 0 Å². The molecule has 0 aliphatic rings. The van der Waals surface area contributed by atoms with Gasteiger partial charge in [0.2, 0.25) is 5.91 Å². The molecule has 1 aromatic carbocycles. The van der Waals surface area contributed by atoms with Gasteiger partial charge in [0.15, 0.2) is 10.6 Å². The second-order valence-corrected chi connectivity index (χ2v) is 5.04. The molecule has 0 spiro atoms. The Morgan fingerprint density at radius 3 is 2.50 bits per heavy atom. The molecule has 2 rings (SSSR count). The summed E-state index contributed by atoms with van der Waals surface area (Å²) in [6.07, 6.45) is 1.66. The predicted octanol–water partition coefficient (Wildman–Crippen LogP) is 2.37. The van der Waals surface area contributed by atoms with Crippen molar-refractivity contribution in [3.63, 3.8) is 0 Å². The van der Waals surface area contributed by atoms with Crippen LogP contribution in [0.1, 0.15) is 17.3 Å². The molecular formula is C13H12BrN3O4S. The summed E-state index contributed by atoms with van der Waals surface area (Å²) in [6, 6.07) is 5.39. The van der Waals surface area contributed by atoms with Crippen LogP contribution in [-0.2, 0) is 11.3 Å². The molecule has 7 nitrogen and oxygen atoms in total. The number of hydrogen-bond donors (Lipinski definition) is 0. The molecular weight excluding hydrogens is 374 g/mol. The first kappa shape index (κ1) is 17.9. The molecule has 0 saturated carbocycles. The minimum Gasteiger partial charge on any atom is -0.316 e. The number of nitro benzene ring substituents is 1. The first-order valence-corrected chi connectivity index (χ1v) is 6.82. The maximum Gasteiger partial charge on any atom is 0.269 e. The van der Waals surface area contributed by atoms with Crippen molar-refractivity contribution in [2.75, 3.05) is 0 Å². The van der Waals surface area contributed by atoms with Crippen molar-refractivity contribution >= 4 is 45.7 Å². The Bertz CT molecular complexity index is 764. The third kappa shape index (κ3) is 4.43. The second kappa shape index (κ2) is 7.76. The summed E-state index contributed by atoms with van der Waals surface area (Å²) in [6.45, 7) is 1.36. The average molecular weight is 386 g/mol. The van der Waals surface area contributed by atoms with E-state index in [0.717, 1.165) is 0 Å². The minimum atomic E-state index is -0.522.